The number of hydrogen-bond acceptors (Lipinski definition) is 3. The Balaban J connectivity index is 1.49. The van der Waals surface area contributed by atoms with Crippen molar-refractivity contribution < 1.29 is 9.59 Å². The number of nitrogens with one attached hydrogen (secondary N) is 1. The highest BCUT2D eigenvalue weighted by Crippen LogP contribution is 2.41. The Bertz CT molecular complexity index is 910. The van der Waals surface area contributed by atoms with Crippen LogP contribution in [0.1, 0.15) is 51.5 Å². The summed E-state index contributed by atoms with van der Waals surface area (Å²) in [5.41, 5.74) is 2.68. The van der Waals surface area contributed by atoms with E-state index in [1.165, 1.54) is 12.1 Å². The van der Waals surface area contributed by atoms with Crippen LogP contribution in [0.2, 0.25) is 0 Å². The summed E-state index contributed by atoms with van der Waals surface area (Å²) in [6, 6.07) is 18.5. The standard InChI is InChI=1S/C27H35N3O2/c1-21(2)25(31)28-23-13-11-22(12-14-23)27(15-7-4-8-16-27)26(32)30-19-17-29(18-20-30)24-9-5-3-6-10-24/h3,5-6,9-14,21H,4,7-8,15-20H2,1-2H3,(H,28,31). The third-order valence-electron chi connectivity index (χ3n) is 7.03. The topological polar surface area (TPSA) is 52.7 Å². The molecule has 1 aliphatic carbocycles. The van der Waals surface area contributed by atoms with E-state index in [1.807, 2.05) is 32.0 Å². The molecule has 0 radical (unpaired) electrons. The van der Waals surface area contributed by atoms with Crippen LogP contribution in [-0.4, -0.2) is 42.9 Å². The molecule has 1 saturated heterocycles. The predicted octanol–water partition coefficient (Wildman–Crippen LogP) is 4.83. The van der Waals surface area contributed by atoms with Gasteiger partial charge in [-0.05, 0) is 42.7 Å². The van der Waals surface area contributed by atoms with Crippen molar-refractivity contribution in [3.8, 4) is 0 Å². The fourth-order valence-corrected chi connectivity index (χ4v) is 5.05. The second-order valence-electron chi connectivity index (χ2n) is 9.48. The number of hydrogen-bond donors (Lipinski definition) is 1. The molecule has 0 spiro atoms. The minimum Gasteiger partial charge on any atom is -0.368 e. The van der Waals surface area contributed by atoms with Crippen LogP contribution >= 0.6 is 0 Å². The maximum absolute atomic E-state index is 13.9. The minimum absolute atomic E-state index is 0.0116. The Morgan fingerprint density at radius 1 is 0.844 bits per heavy atom. The molecule has 0 atom stereocenters. The van der Waals surface area contributed by atoms with Gasteiger partial charge in [-0.1, -0.05) is 63.4 Å². The molecule has 5 nitrogen and oxygen atoms in total. The van der Waals surface area contributed by atoms with E-state index in [-0.39, 0.29) is 17.7 Å². The number of carbonyl (C=O) groups is 2. The lowest BCUT2D eigenvalue weighted by atomic mass is 9.68. The second-order valence-corrected chi connectivity index (χ2v) is 9.48. The molecule has 0 aromatic heterocycles. The first-order valence-electron chi connectivity index (χ1n) is 12.0. The molecule has 2 aliphatic rings. The van der Waals surface area contributed by atoms with Crippen molar-refractivity contribution in [3.05, 3.63) is 60.2 Å². The van der Waals surface area contributed by atoms with Crippen LogP contribution in [0.3, 0.4) is 0 Å². The molecule has 2 fully saturated rings. The number of benzene rings is 2. The van der Waals surface area contributed by atoms with E-state index in [0.29, 0.717) is 0 Å². The molecule has 1 aliphatic heterocycles. The van der Waals surface area contributed by atoms with Crippen molar-refractivity contribution in [2.24, 2.45) is 5.92 Å². The maximum Gasteiger partial charge on any atom is 0.233 e. The zero-order valence-electron chi connectivity index (χ0n) is 19.3. The first kappa shape index (κ1) is 22.4. The summed E-state index contributed by atoms with van der Waals surface area (Å²) in [7, 11) is 0. The Morgan fingerprint density at radius 3 is 2.06 bits per heavy atom. The first-order valence-corrected chi connectivity index (χ1v) is 12.0. The quantitative estimate of drug-likeness (QED) is 0.735. The minimum atomic E-state index is -0.437. The molecule has 1 saturated carbocycles. The summed E-state index contributed by atoms with van der Waals surface area (Å²) in [5, 5.41) is 2.96. The van der Waals surface area contributed by atoms with E-state index < -0.39 is 5.41 Å². The Kier molecular flexibility index (Phi) is 6.83. The van der Waals surface area contributed by atoms with Gasteiger partial charge in [0.2, 0.25) is 11.8 Å². The molecular weight excluding hydrogens is 398 g/mol. The number of rotatable bonds is 5. The normalized spacial score (nSPS) is 18.5. The molecule has 2 amide bonds. The SMILES string of the molecule is CC(C)C(=O)Nc1ccc(C2(C(=O)N3CCN(c4ccccc4)CC3)CCCCC2)cc1. The van der Waals surface area contributed by atoms with Crippen molar-refractivity contribution >= 4 is 23.2 Å². The molecule has 5 heteroatoms. The molecule has 0 bridgehead atoms. The molecule has 4 rings (SSSR count). The summed E-state index contributed by atoms with van der Waals surface area (Å²) in [5.74, 6) is 0.233. The van der Waals surface area contributed by atoms with Gasteiger partial charge in [0.15, 0.2) is 0 Å². The molecule has 2 aromatic carbocycles. The Hall–Kier alpha value is -2.82. The molecule has 2 aromatic rings. The summed E-state index contributed by atoms with van der Waals surface area (Å²) < 4.78 is 0. The van der Waals surface area contributed by atoms with Crippen LogP contribution in [-0.2, 0) is 15.0 Å². The lowest BCUT2D eigenvalue weighted by molar-refractivity contribution is -0.139. The highest BCUT2D eigenvalue weighted by atomic mass is 16.2. The average molecular weight is 434 g/mol. The molecule has 0 unspecified atom stereocenters. The molecule has 170 valence electrons. The van der Waals surface area contributed by atoms with Gasteiger partial charge >= 0.3 is 0 Å². The van der Waals surface area contributed by atoms with Crippen LogP contribution in [0.4, 0.5) is 11.4 Å². The zero-order chi connectivity index (χ0) is 22.6. The number of piperazine rings is 1. The van der Waals surface area contributed by atoms with Crippen LogP contribution in [0.15, 0.2) is 54.6 Å². The maximum atomic E-state index is 13.9. The predicted molar refractivity (Wildman–Crippen MR) is 130 cm³/mol. The largest absolute Gasteiger partial charge is 0.368 e. The number of nitrogens with zero attached hydrogens (tertiary/aromatic N) is 2. The number of para-hydroxylation sites is 1. The van der Waals surface area contributed by atoms with Crippen molar-refractivity contribution in [2.75, 3.05) is 36.4 Å². The summed E-state index contributed by atoms with van der Waals surface area (Å²) >= 11 is 0. The Labute approximate surface area is 191 Å². The van der Waals surface area contributed by atoms with Crippen molar-refractivity contribution in [3.63, 3.8) is 0 Å². The summed E-state index contributed by atoms with van der Waals surface area (Å²) in [6.07, 6.45) is 5.17. The van der Waals surface area contributed by atoms with Gasteiger partial charge in [0.25, 0.3) is 0 Å². The van der Waals surface area contributed by atoms with Crippen LogP contribution < -0.4 is 10.2 Å². The van der Waals surface area contributed by atoms with Gasteiger partial charge in [-0.3, -0.25) is 9.59 Å². The van der Waals surface area contributed by atoms with Gasteiger partial charge in [0.05, 0.1) is 5.41 Å². The van der Waals surface area contributed by atoms with E-state index in [0.717, 1.165) is 63.1 Å². The average Bonchev–Trinajstić information content (AvgIpc) is 2.85. The van der Waals surface area contributed by atoms with Gasteiger partial charge in [-0.25, -0.2) is 0 Å². The third-order valence-corrected chi connectivity index (χ3v) is 7.03. The van der Waals surface area contributed by atoms with Crippen LogP contribution in [0.25, 0.3) is 0 Å². The molecular formula is C27H35N3O2. The number of anilines is 2. The lowest BCUT2D eigenvalue weighted by Crippen LogP contribution is -2.55. The van der Waals surface area contributed by atoms with Crippen LogP contribution in [0, 0.1) is 5.92 Å². The summed E-state index contributed by atoms with van der Waals surface area (Å²) in [6.45, 7) is 7.03. The number of amides is 2. The Morgan fingerprint density at radius 2 is 1.47 bits per heavy atom. The lowest BCUT2D eigenvalue weighted by Gasteiger charge is -2.43. The second kappa shape index (κ2) is 9.76. The highest BCUT2D eigenvalue weighted by molar-refractivity contribution is 5.92. The van der Waals surface area contributed by atoms with E-state index in [2.05, 4.69) is 51.5 Å². The summed E-state index contributed by atoms with van der Waals surface area (Å²) in [4.78, 5) is 30.4. The highest BCUT2D eigenvalue weighted by Gasteiger charge is 2.44. The zero-order valence-corrected chi connectivity index (χ0v) is 19.3. The first-order chi connectivity index (χ1) is 15.5. The van der Waals surface area contributed by atoms with Crippen molar-refractivity contribution in [1.29, 1.82) is 0 Å². The van der Waals surface area contributed by atoms with Gasteiger partial charge in [-0.15, -0.1) is 0 Å². The van der Waals surface area contributed by atoms with E-state index in [4.69, 9.17) is 0 Å². The van der Waals surface area contributed by atoms with E-state index >= 15 is 0 Å². The fraction of sp³-hybridized carbons (Fsp3) is 0.481. The monoisotopic (exact) mass is 433 g/mol. The smallest absolute Gasteiger partial charge is 0.233 e. The van der Waals surface area contributed by atoms with Gasteiger partial charge in [0.1, 0.15) is 0 Å². The van der Waals surface area contributed by atoms with Gasteiger partial charge in [-0.2, -0.15) is 0 Å². The fourth-order valence-electron chi connectivity index (χ4n) is 5.05. The van der Waals surface area contributed by atoms with Gasteiger partial charge in [0, 0.05) is 43.5 Å². The van der Waals surface area contributed by atoms with E-state index in [9.17, 15) is 9.59 Å². The van der Waals surface area contributed by atoms with Crippen LogP contribution in [0.5, 0.6) is 0 Å². The molecule has 32 heavy (non-hydrogen) atoms. The molecule has 1 N–H and O–H groups in total. The number of carbonyl (C=O) groups excluding carboxylic acids is 2. The molecule has 1 heterocycles. The van der Waals surface area contributed by atoms with Gasteiger partial charge < -0.3 is 15.1 Å². The third kappa shape index (κ3) is 4.67. The van der Waals surface area contributed by atoms with E-state index in [1.54, 1.807) is 0 Å². The van der Waals surface area contributed by atoms with Crippen molar-refractivity contribution in [1.82, 2.24) is 4.90 Å². The van der Waals surface area contributed by atoms with Crippen molar-refractivity contribution in [2.45, 2.75) is 51.4 Å².